The molecule has 0 saturated heterocycles. The molecule has 0 aromatic carbocycles. The molecular weight excluding hydrogens is 515 g/mol. The average Bonchev–Trinajstić information content (AvgIpc) is 3.07. The van der Waals surface area contributed by atoms with E-state index in [-0.39, 0.29) is 35.0 Å². The summed E-state index contributed by atoms with van der Waals surface area (Å²) in [5, 5.41) is 0. The topological polar surface area (TPSA) is 52.6 Å². The first kappa shape index (κ1) is 24.8. The Balaban J connectivity index is 1.62. The van der Waals surface area contributed by atoms with Gasteiger partial charge in [-0.3, -0.25) is 9.59 Å². The van der Waals surface area contributed by atoms with Crippen LogP contribution in [0, 0.1) is 46.3 Å². The van der Waals surface area contributed by atoms with E-state index in [0.29, 0.717) is 29.6 Å². The first-order valence-corrected chi connectivity index (χ1v) is 14.5. The van der Waals surface area contributed by atoms with Crippen LogP contribution in [0.25, 0.3) is 0 Å². The average molecular weight is 559 g/mol. The minimum Gasteiger partial charge on any atom is -0.463 e. The molecule has 0 aromatic rings. The third-order valence-electron chi connectivity index (χ3n) is 10.7. The summed E-state index contributed by atoms with van der Waals surface area (Å²) in [6, 6.07) is 0. The van der Waals surface area contributed by atoms with Gasteiger partial charge >= 0.3 is 11.9 Å². The first-order chi connectivity index (χ1) is 15.1. The van der Waals surface area contributed by atoms with Crippen LogP contribution < -0.4 is 0 Å². The Kier molecular flexibility index (Phi) is 7.26. The second-order valence-electron chi connectivity index (χ2n) is 12.0. The van der Waals surface area contributed by atoms with Crippen LogP contribution in [0.3, 0.4) is 0 Å². The maximum atomic E-state index is 12.2. The summed E-state index contributed by atoms with van der Waals surface area (Å²) in [5.41, 5.74) is 0.376. The van der Waals surface area contributed by atoms with Gasteiger partial charge < -0.3 is 9.47 Å². The molecule has 4 aliphatic carbocycles. The fourth-order valence-corrected chi connectivity index (χ4v) is 10.2. The highest BCUT2D eigenvalue weighted by atomic mass is 127. The lowest BCUT2D eigenvalue weighted by Crippen LogP contribution is -2.59. The minimum absolute atomic E-state index is 0.0391. The van der Waals surface area contributed by atoms with Crippen LogP contribution in [0.1, 0.15) is 92.4 Å². The molecule has 10 atom stereocenters. The second-order valence-corrected chi connectivity index (χ2v) is 13.1. The third kappa shape index (κ3) is 4.15. The molecule has 0 spiro atoms. The van der Waals surface area contributed by atoms with Crippen molar-refractivity contribution in [2.75, 3.05) is 4.43 Å². The normalized spacial score (nSPS) is 46.4. The monoisotopic (exact) mass is 558 g/mol. The number of esters is 2. The van der Waals surface area contributed by atoms with Crippen molar-refractivity contribution in [2.24, 2.45) is 46.3 Å². The van der Waals surface area contributed by atoms with Crippen molar-refractivity contribution in [3.8, 4) is 0 Å². The number of hydrogen-bond donors (Lipinski definition) is 0. The summed E-state index contributed by atoms with van der Waals surface area (Å²) >= 11 is 2.51. The van der Waals surface area contributed by atoms with Gasteiger partial charge in [0.05, 0.1) is 0 Å². The molecule has 0 radical (unpaired) electrons. The summed E-state index contributed by atoms with van der Waals surface area (Å²) in [5.74, 6) is 3.71. The van der Waals surface area contributed by atoms with Gasteiger partial charge in [0.1, 0.15) is 12.2 Å². The molecule has 4 rings (SSSR count). The number of fused-ring (bicyclic) bond motifs is 5. The molecule has 4 nitrogen and oxygen atoms in total. The maximum Gasteiger partial charge on any atom is 0.302 e. The van der Waals surface area contributed by atoms with Crippen LogP contribution in [0.15, 0.2) is 0 Å². The number of halogens is 1. The molecule has 0 unspecified atom stereocenters. The zero-order chi connectivity index (χ0) is 23.3. The van der Waals surface area contributed by atoms with Gasteiger partial charge in [0.25, 0.3) is 0 Å². The van der Waals surface area contributed by atoms with Crippen LogP contribution in [0.5, 0.6) is 0 Å². The standard InChI is InChI=1S/C27H43IO4/c1-16(11-13-28)22-8-9-23-21-7-6-19-14-20(31-17(2)29)10-12-26(19,4)24(21)15-25(27(22,23)5)32-18(3)30/h16,19-25H,6-15H2,1-5H3/t16-,19-,20-,21+,22-,23+,24+,25+,26+,27-/m1/s1. The number of alkyl halides is 1. The van der Waals surface area contributed by atoms with Crippen molar-refractivity contribution in [1.29, 1.82) is 0 Å². The summed E-state index contributed by atoms with van der Waals surface area (Å²) in [6.07, 6.45) is 10.6. The molecule has 4 aliphatic rings. The molecule has 4 fully saturated rings. The minimum atomic E-state index is -0.145. The summed E-state index contributed by atoms with van der Waals surface area (Å²) in [6.45, 7) is 10.6. The SMILES string of the molecule is CC(=O)O[C@@H]1CC[C@@]2(C)[C@H](CC[C@@H]3[C@@H]2C[C@H](OC(C)=O)[C@]2(C)[C@@H]([C@H](C)CCI)CC[C@@H]32)C1. The van der Waals surface area contributed by atoms with Gasteiger partial charge in [-0.2, -0.15) is 0 Å². The Hall–Kier alpha value is -0.330. The fraction of sp³-hybridized carbons (Fsp3) is 0.926. The predicted molar refractivity (Wildman–Crippen MR) is 134 cm³/mol. The molecule has 0 aromatic heterocycles. The van der Waals surface area contributed by atoms with Crippen LogP contribution in [0.4, 0.5) is 0 Å². The maximum absolute atomic E-state index is 12.2. The largest absolute Gasteiger partial charge is 0.463 e. The number of carbonyl (C=O) groups is 2. The summed E-state index contributed by atoms with van der Waals surface area (Å²) in [7, 11) is 0. The lowest BCUT2D eigenvalue weighted by molar-refractivity contribution is -0.197. The van der Waals surface area contributed by atoms with E-state index in [0.717, 1.165) is 31.6 Å². The van der Waals surface area contributed by atoms with E-state index in [1.54, 1.807) is 6.92 Å². The molecule has 4 saturated carbocycles. The molecular formula is C27H43IO4. The molecule has 32 heavy (non-hydrogen) atoms. The Bertz CT molecular complexity index is 724. The smallest absolute Gasteiger partial charge is 0.302 e. The van der Waals surface area contributed by atoms with Crippen LogP contribution in [0.2, 0.25) is 0 Å². The lowest BCUT2D eigenvalue weighted by atomic mass is 9.43. The molecule has 0 aliphatic heterocycles. The number of ether oxygens (including phenoxy) is 2. The third-order valence-corrected chi connectivity index (χ3v) is 11.3. The zero-order valence-electron chi connectivity index (χ0n) is 20.7. The van der Waals surface area contributed by atoms with E-state index >= 15 is 0 Å². The van der Waals surface area contributed by atoms with Crippen molar-refractivity contribution in [3.63, 3.8) is 0 Å². The molecule has 5 heteroatoms. The van der Waals surface area contributed by atoms with E-state index in [1.165, 1.54) is 43.5 Å². The van der Waals surface area contributed by atoms with Crippen molar-refractivity contribution >= 4 is 34.5 Å². The Morgan fingerprint density at radius 1 is 0.969 bits per heavy atom. The van der Waals surface area contributed by atoms with E-state index < -0.39 is 0 Å². The van der Waals surface area contributed by atoms with Gasteiger partial charge in [0, 0.05) is 19.3 Å². The number of hydrogen-bond acceptors (Lipinski definition) is 4. The Labute approximate surface area is 208 Å². The highest BCUT2D eigenvalue weighted by Crippen LogP contribution is 2.69. The van der Waals surface area contributed by atoms with Gasteiger partial charge in [-0.25, -0.2) is 0 Å². The van der Waals surface area contributed by atoms with Crippen LogP contribution in [-0.2, 0) is 19.1 Å². The number of carbonyl (C=O) groups excluding carboxylic acids is 2. The van der Waals surface area contributed by atoms with Gasteiger partial charge in [-0.15, -0.1) is 0 Å². The molecule has 0 N–H and O–H groups in total. The van der Waals surface area contributed by atoms with E-state index in [2.05, 4.69) is 43.4 Å². The molecule has 182 valence electrons. The van der Waals surface area contributed by atoms with Crippen molar-refractivity contribution < 1.29 is 19.1 Å². The van der Waals surface area contributed by atoms with E-state index in [1.807, 2.05) is 0 Å². The van der Waals surface area contributed by atoms with Crippen molar-refractivity contribution in [3.05, 3.63) is 0 Å². The van der Waals surface area contributed by atoms with Crippen molar-refractivity contribution in [1.82, 2.24) is 0 Å². The Morgan fingerprint density at radius 2 is 1.69 bits per heavy atom. The highest BCUT2D eigenvalue weighted by Gasteiger charge is 2.65. The zero-order valence-corrected chi connectivity index (χ0v) is 22.9. The lowest BCUT2D eigenvalue weighted by Gasteiger charge is -2.62. The van der Waals surface area contributed by atoms with E-state index in [9.17, 15) is 9.59 Å². The predicted octanol–water partition coefficient (Wildman–Crippen LogP) is 6.58. The van der Waals surface area contributed by atoms with Crippen LogP contribution in [-0.4, -0.2) is 28.6 Å². The van der Waals surface area contributed by atoms with Gasteiger partial charge in [-0.05, 0) is 103 Å². The number of rotatable bonds is 5. The highest BCUT2D eigenvalue weighted by molar-refractivity contribution is 14.1. The molecule has 0 bridgehead atoms. The van der Waals surface area contributed by atoms with Gasteiger partial charge in [-0.1, -0.05) is 43.4 Å². The Morgan fingerprint density at radius 3 is 2.34 bits per heavy atom. The first-order valence-electron chi connectivity index (χ1n) is 13.0. The molecule has 0 heterocycles. The second kappa shape index (κ2) is 9.37. The molecule has 0 amide bonds. The van der Waals surface area contributed by atoms with Gasteiger partial charge in [0.2, 0.25) is 0 Å². The quantitative estimate of drug-likeness (QED) is 0.217. The van der Waals surface area contributed by atoms with Gasteiger partial charge in [0.15, 0.2) is 0 Å². The van der Waals surface area contributed by atoms with Crippen LogP contribution >= 0.6 is 22.6 Å². The van der Waals surface area contributed by atoms with Crippen molar-refractivity contribution in [2.45, 2.75) is 105 Å². The fourth-order valence-electron chi connectivity index (χ4n) is 9.21. The van der Waals surface area contributed by atoms with E-state index in [4.69, 9.17) is 9.47 Å². The summed E-state index contributed by atoms with van der Waals surface area (Å²) < 4.78 is 13.0. The summed E-state index contributed by atoms with van der Waals surface area (Å²) in [4.78, 5) is 23.8.